The van der Waals surface area contributed by atoms with Gasteiger partial charge in [0.15, 0.2) is 0 Å². The minimum absolute atomic E-state index is 0.544. The van der Waals surface area contributed by atoms with Gasteiger partial charge in [-0.2, -0.15) is 0 Å². The fourth-order valence-corrected chi connectivity index (χ4v) is 3.28. The second-order valence-corrected chi connectivity index (χ2v) is 5.53. The van der Waals surface area contributed by atoms with Crippen LogP contribution in [0.5, 0.6) is 0 Å². The third-order valence-electron chi connectivity index (χ3n) is 4.46. The van der Waals surface area contributed by atoms with Crippen molar-refractivity contribution >= 4 is 5.57 Å². The molecule has 0 fully saturated rings. The van der Waals surface area contributed by atoms with E-state index in [0.717, 1.165) is 0 Å². The molecule has 0 bridgehead atoms. The number of allylic oxidation sites excluding steroid dienone is 1. The highest BCUT2D eigenvalue weighted by Gasteiger charge is 2.27. The number of benzene rings is 2. The number of rotatable bonds is 2. The van der Waals surface area contributed by atoms with Gasteiger partial charge in [-0.15, -0.1) is 0 Å². The topological polar surface area (TPSA) is 0 Å². The van der Waals surface area contributed by atoms with Crippen LogP contribution in [0, 0.1) is 5.92 Å². The SMILES string of the molecule is C=C1c2ccccc2CCC1C(C)c1ccccc1. The van der Waals surface area contributed by atoms with Crippen LogP contribution in [0.1, 0.15) is 36.0 Å². The Kier molecular flexibility index (Phi) is 3.25. The molecular weight excluding hydrogens is 228 g/mol. The maximum atomic E-state index is 4.38. The van der Waals surface area contributed by atoms with Crippen LogP contribution in [0.2, 0.25) is 0 Å². The summed E-state index contributed by atoms with van der Waals surface area (Å²) in [7, 11) is 0. The van der Waals surface area contributed by atoms with Crippen molar-refractivity contribution in [3.05, 3.63) is 77.9 Å². The summed E-state index contributed by atoms with van der Waals surface area (Å²) in [6.45, 7) is 6.72. The number of hydrogen-bond donors (Lipinski definition) is 0. The molecule has 0 nitrogen and oxygen atoms in total. The van der Waals surface area contributed by atoms with E-state index >= 15 is 0 Å². The first-order valence-corrected chi connectivity index (χ1v) is 7.09. The van der Waals surface area contributed by atoms with Gasteiger partial charge in [-0.3, -0.25) is 0 Å². The van der Waals surface area contributed by atoms with Gasteiger partial charge in [0.25, 0.3) is 0 Å². The normalized spacial score (nSPS) is 19.8. The molecule has 0 saturated heterocycles. The maximum Gasteiger partial charge on any atom is -0.00924 e. The first kappa shape index (κ1) is 12.2. The Bertz CT molecular complexity index is 580. The molecule has 0 aromatic heterocycles. The van der Waals surface area contributed by atoms with Gasteiger partial charge in [0.1, 0.15) is 0 Å². The molecule has 0 saturated carbocycles. The monoisotopic (exact) mass is 248 g/mol. The van der Waals surface area contributed by atoms with Gasteiger partial charge in [0.2, 0.25) is 0 Å². The van der Waals surface area contributed by atoms with Crippen LogP contribution in [0.3, 0.4) is 0 Å². The predicted molar refractivity (Wildman–Crippen MR) is 82.1 cm³/mol. The van der Waals surface area contributed by atoms with E-state index in [9.17, 15) is 0 Å². The van der Waals surface area contributed by atoms with Crippen LogP contribution < -0.4 is 0 Å². The molecule has 19 heavy (non-hydrogen) atoms. The van der Waals surface area contributed by atoms with Gasteiger partial charge < -0.3 is 0 Å². The molecule has 0 amide bonds. The van der Waals surface area contributed by atoms with Gasteiger partial charge in [-0.25, -0.2) is 0 Å². The summed E-state index contributed by atoms with van der Waals surface area (Å²) in [6, 6.07) is 19.5. The second kappa shape index (κ2) is 5.05. The van der Waals surface area contributed by atoms with Gasteiger partial charge in [0.05, 0.1) is 0 Å². The number of fused-ring (bicyclic) bond motifs is 1. The van der Waals surface area contributed by atoms with Crippen molar-refractivity contribution < 1.29 is 0 Å². The Hall–Kier alpha value is -1.82. The van der Waals surface area contributed by atoms with Crippen LogP contribution in [0.4, 0.5) is 0 Å². The minimum atomic E-state index is 0.544. The molecule has 2 aromatic rings. The second-order valence-electron chi connectivity index (χ2n) is 5.53. The summed E-state index contributed by atoms with van der Waals surface area (Å²) < 4.78 is 0. The van der Waals surface area contributed by atoms with E-state index in [1.54, 1.807) is 0 Å². The third-order valence-corrected chi connectivity index (χ3v) is 4.46. The lowest BCUT2D eigenvalue weighted by molar-refractivity contribution is 0.506. The van der Waals surface area contributed by atoms with Crippen LogP contribution in [-0.2, 0) is 6.42 Å². The maximum absolute atomic E-state index is 4.38. The molecule has 0 spiro atoms. The lowest BCUT2D eigenvalue weighted by atomic mass is 9.72. The smallest absolute Gasteiger partial charge is 0.00924 e. The molecular formula is C19H20. The van der Waals surface area contributed by atoms with Gasteiger partial charge in [0, 0.05) is 0 Å². The van der Waals surface area contributed by atoms with E-state index in [2.05, 4.69) is 68.1 Å². The average Bonchev–Trinajstić information content (AvgIpc) is 2.48. The van der Waals surface area contributed by atoms with Gasteiger partial charge in [-0.05, 0) is 46.9 Å². The van der Waals surface area contributed by atoms with Crippen molar-refractivity contribution in [3.63, 3.8) is 0 Å². The minimum Gasteiger partial charge on any atom is -0.0949 e. The van der Waals surface area contributed by atoms with Crippen LogP contribution >= 0.6 is 0 Å². The third kappa shape index (κ3) is 2.23. The lowest BCUT2D eigenvalue weighted by Crippen LogP contribution is -2.18. The van der Waals surface area contributed by atoms with E-state index in [1.807, 2.05) is 0 Å². The molecule has 2 aromatic carbocycles. The van der Waals surface area contributed by atoms with Crippen molar-refractivity contribution in [3.8, 4) is 0 Å². The van der Waals surface area contributed by atoms with Crippen molar-refractivity contribution in [2.45, 2.75) is 25.7 Å². The van der Waals surface area contributed by atoms with Crippen molar-refractivity contribution in [1.29, 1.82) is 0 Å². The Morgan fingerprint density at radius 1 is 1.00 bits per heavy atom. The largest absolute Gasteiger partial charge is 0.0949 e. The van der Waals surface area contributed by atoms with Crippen molar-refractivity contribution in [2.75, 3.05) is 0 Å². The van der Waals surface area contributed by atoms with E-state index in [1.165, 1.54) is 35.1 Å². The molecule has 0 radical (unpaired) electrons. The first-order valence-electron chi connectivity index (χ1n) is 7.09. The van der Waals surface area contributed by atoms with E-state index < -0.39 is 0 Å². The lowest BCUT2D eigenvalue weighted by Gasteiger charge is -2.32. The fraction of sp³-hybridized carbons (Fsp3) is 0.263. The van der Waals surface area contributed by atoms with Crippen LogP contribution in [0.15, 0.2) is 61.2 Å². The van der Waals surface area contributed by atoms with Gasteiger partial charge in [-0.1, -0.05) is 68.1 Å². The molecule has 2 unspecified atom stereocenters. The molecule has 1 aliphatic rings. The van der Waals surface area contributed by atoms with Crippen LogP contribution in [-0.4, -0.2) is 0 Å². The highest BCUT2D eigenvalue weighted by Crippen LogP contribution is 2.41. The van der Waals surface area contributed by atoms with Crippen molar-refractivity contribution in [2.24, 2.45) is 5.92 Å². The fourth-order valence-electron chi connectivity index (χ4n) is 3.28. The summed E-state index contributed by atoms with van der Waals surface area (Å²) in [5.41, 5.74) is 5.58. The Morgan fingerprint density at radius 2 is 1.68 bits per heavy atom. The quantitative estimate of drug-likeness (QED) is 0.696. The Balaban J connectivity index is 1.90. The molecule has 0 heterocycles. The Morgan fingerprint density at radius 3 is 2.47 bits per heavy atom. The van der Waals surface area contributed by atoms with E-state index in [-0.39, 0.29) is 0 Å². The highest BCUT2D eigenvalue weighted by atomic mass is 14.3. The summed E-state index contributed by atoms with van der Waals surface area (Å²) in [4.78, 5) is 0. The van der Waals surface area contributed by atoms with Crippen LogP contribution in [0.25, 0.3) is 5.57 Å². The molecule has 3 rings (SSSR count). The first-order chi connectivity index (χ1) is 9.27. The summed E-state index contributed by atoms with van der Waals surface area (Å²) in [6.07, 6.45) is 2.39. The molecule has 0 heteroatoms. The zero-order valence-corrected chi connectivity index (χ0v) is 11.5. The summed E-state index contributed by atoms with van der Waals surface area (Å²) in [5.74, 6) is 1.11. The number of aryl methyl sites for hydroxylation is 1. The zero-order valence-electron chi connectivity index (χ0n) is 11.5. The van der Waals surface area contributed by atoms with Gasteiger partial charge >= 0.3 is 0 Å². The van der Waals surface area contributed by atoms with E-state index in [4.69, 9.17) is 0 Å². The predicted octanol–water partition coefficient (Wildman–Crippen LogP) is 5.07. The highest BCUT2D eigenvalue weighted by molar-refractivity contribution is 5.70. The molecule has 96 valence electrons. The summed E-state index contributed by atoms with van der Waals surface area (Å²) >= 11 is 0. The zero-order chi connectivity index (χ0) is 13.2. The van der Waals surface area contributed by atoms with Crippen molar-refractivity contribution in [1.82, 2.24) is 0 Å². The summed E-state index contributed by atoms with van der Waals surface area (Å²) in [5, 5.41) is 0. The molecule has 0 aliphatic heterocycles. The Labute approximate surface area is 115 Å². The number of hydrogen-bond acceptors (Lipinski definition) is 0. The molecule has 0 N–H and O–H groups in total. The van der Waals surface area contributed by atoms with E-state index in [0.29, 0.717) is 11.8 Å². The molecule has 1 aliphatic carbocycles. The standard InChI is InChI=1S/C19H20/c1-14(16-8-4-3-5-9-16)18-13-12-17-10-6-7-11-19(17)15(18)2/h3-11,14,18H,2,12-13H2,1H3. The molecule has 2 atom stereocenters. The average molecular weight is 248 g/mol.